The molecule has 1 N–H and O–H groups in total. The lowest BCUT2D eigenvalue weighted by Gasteiger charge is -2.12. The van der Waals surface area contributed by atoms with Crippen molar-refractivity contribution in [1.82, 2.24) is 10.3 Å². The maximum absolute atomic E-state index is 12.0. The molecule has 1 heterocycles. The quantitative estimate of drug-likeness (QED) is 0.815. The van der Waals surface area contributed by atoms with Gasteiger partial charge >= 0.3 is 0 Å². The largest absolute Gasteiger partial charge is 0.493 e. The fourth-order valence-electron chi connectivity index (χ4n) is 2.37. The highest BCUT2D eigenvalue weighted by Gasteiger charge is 2.22. The Morgan fingerprint density at radius 2 is 1.96 bits per heavy atom. The average molecular weight is 310 g/mol. The van der Waals surface area contributed by atoms with Crippen LogP contribution in [0.5, 0.6) is 5.75 Å². The maximum atomic E-state index is 12.0. The van der Waals surface area contributed by atoms with Gasteiger partial charge in [0.2, 0.25) is 5.91 Å². The molecular formula is C19H22N2O2. The lowest BCUT2D eigenvalue weighted by molar-refractivity contribution is -0.121. The van der Waals surface area contributed by atoms with Crippen molar-refractivity contribution < 1.29 is 9.53 Å². The number of aromatic nitrogens is 1. The number of nitrogens with one attached hydrogen (secondary N) is 1. The van der Waals surface area contributed by atoms with E-state index in [4.69, 9.17) is 4.74 Å². The van der Waals surface area contributed by atoms with Crippen LogP contribution >= 0.6 is 0 Å². The van der Waals surface area contributed by atoms with Gasteiger partial charge in [-0.1, -0.05) is 18.2 Å². The van der Waals surface area contributed by atoms with E-state index in [9.17, 15) is 4.79 Å². The van der Waals surface area contributed by atoms with Crippen molar-refractivity contribution in [1.29, 1.82) is 0 Å². The van der Waals surface area contributed by atoms with Crippen LogP contribution in [-0.4, -0.2) is 17.5 Å². The van der Waals surface area contributed by atoms with Gasteiger partial charge in [-0.15, -0.1) is 0 Å². The number of hydrogen-bond donors (Lipinski definition) is 1. The topological polar surface area (TPSA) is 51.2 Å². The Kier molecular flexibility index (Phi) is 5.25. The number of benzene rings is 1. The minimum absolute atomic E-state index is 0.0545. The number of aryl methyl sites for hydroxylation is 1. The van der Waals surface area contributed by atoms with E-state index >= 15 is 0 Å². The Morgan fingerprint density at radius 3 is 2.74 bits per heavy atom. The molecule has 4 heteroatoms. The van der Waals surface area contributed by atoms with E-state index in [0.717, 1.165) is 35.8 Å². The molecule has 0 spiro atoms. The van der Waals surface area contributed by atoms with Crippen molar-refractivity contribution >= 4 is 5.91 Å². The van der Waals surface area contributed by atoms with E-state index in [0.29, 0.717) is 13.0 Å². The van der Waals surface area contributed by atoms with Crippen LogP contribution in [0.2, 0.25) is 0 Å². The second-order valence-corrected chi connectivity index (χ2v) is 5.99. The van der Waals surface area contributed by atoms with Crippen LogP contribution in [0, 0.1) is 5.92 Å². The highest BCUT2D eigenvalue weighted by Crippen LogP contribution is 2.30. The van der Waals surface area contributed by atoms with E-state index in [1.165, 1.54) is 12.8 Å². The Hall–Kier alpha value is -2.36. The molecule has 120 valence electrons. The number of carbonyl (C=O) groups excluding carboxylic acids is 1. The Morgan fingerprint density at radius 1 is 1.17 bits per heavy atom. The number of hydrogen-bond acceptors (Lipinski definition) is 3. The molecule has 23 heavy (non-hydrogen) atoms. The number of pyridine rings is 1. The molecule has 0 bridgehead atoms. The second kappa shape index (κ2) is 7.77. The van der Waals surface area contributed by atoms with Gasteiger partial charge in [0.1, 0.15) is 5.75 Å². The van der Waals surface area contributed by atoms with Gasteiger partial charge in [-0.3, -0.25) is 9.78 Å². The van der Waals surface area contributed by atoms with Crippen LogP contribution < -0.4 is 10.1 Å². The first-order chi connectivity index (χ1) is 11.3. The molecule has 2 aromatic rings. The summed E-state index contributed by atoms with van der Waals surface area (Å²) in [5.74, 6) is 1.66. The lowest BCUT2D eigenvalue weighted by atomic mass is 10.1. The third kappa shape index (κ3) is 5.09. The van der Waals surface area contributed by atoms with Gasteiger partial charge < -0.3 is 10.1 Å². The van der Waals surface area contributed by atoms with Crippen LogP contribution in [-0.2, 0) is 17.8 Å². The summed E-state index contributed by atoms with van der Waals surface area (Å²) in [5, 5.41) is 2.98. The van der Waals surface area contributed by atoms with Crippen molar-refractivity contribution in [3.05, 3.63) is 59.9 Å². The Balaban J connectivity index is 1.46. The summed E-state index contributed by atoms with van der Waals surface area (Å²) in [6.07, 6.45) is 7.26. The van der Waals surface area contributed by atoms with Crippen LogP contribution in [0.25, 0.3) is 0 Å². The maximum Gasteiger partial charge on any atom is 0.220 e. The van der Waals surface area contributed by atoms with E-state index in [2.05, 4.69) is 10.3 Å². The lowest BCUT2D eigenvalue weighted by Crippen LogP contribution is -2.23. The third-order valence-electron chi connectivity index (χ3n) is 4.01. The van der Waals surface area contributed by atoms with Crippen molar-refractivity contribution in [2.24, 2.45) is 5.92 Å². The molecule has 1 aliphatic rings. The summed E-state index contributed by atoms with van der Waals surface area (Å²) in [5.41, 5.74) is 2.16. The summed E-state index contributed by atoms with van der Waals surface area (Å²) >= 11 is 0. The molecule has 1 aromatic heterocycles. The molecule has 1 aliphatic carbocycles. The third-order valence-corrected chi connectivity index (χ3v) is 4.01. The van der Waals surface area contributed by atoms with Gasteiger partial charge in [0.15, 0.2) is 0 Å². The normalized spacial score (nSPS) is 13.6. The molecule has 3 rings (SSSR count). The predicted octanol–water partition coefficient (Wildman–Crippen LogP) is 3.12. The predicted molar refractivity (Wildman–Crippen MR) is 89.1 cm³/mol. The summed E-state index contributed by atoms with van der Waals surface area (Å²) in [7, 11) is 0. The molecule has 1 fully saturated rings. The van der Waals surface area contributed by atoms with Crippen LogP contribution in [0.4, 0.5) is 0 Å². The molecule has 1 saturated carbocycles. The fourth-order valence-corrected chi connectivity index (χ4v) is 2.37. The molecule has 1 amide bonds. The van der Waals surface area contributed by atoms with Crippen LogP contribution in [0.3, 0.4) is 0 Å². The molecule has 0 saturated heterocycles. The van der Waals surface area contributed by atoms with Crippen molar-refractivity contribution in [2.75, 3.05) is 6.61 Å². The van der Waals surface area contributed by atoms with E-state index < -0.39 is 0 Å². The molecule has 0 aliphatic heterocycles. The summed E-state index contributed by atoms with van der Waals surface area (Å²) in [6.45, 7) is 1.29. The molecule has 1 aromatic carbocycles. The molecule has 0 unspecified atom stereocenters. The zero-order valence-electron chi connectivity index (χ0n) is 13.2. The van der Waals surface area contributed by atoms with Crippen LogP contribution in [0.1, 0.15) is 30.4 Å². The Bertz CT molecular complexity index is 639. The van der Waals surface area contributed by atoms with Crippen molar-refractivity contribution in [3.63, 3.8) is 0 Å². The zero-order valence-corrected chi connectivity index (χ0v) is 13.2. The second-order valence-electron chi connectivity index (χ2n) is 5.99. The monoisotopic (exact) mass is 310 g/mol. The summed E-state index contributed by atoms with van der Waals surface area (Å²) < 4.78 is 5.86. The van der Waals surface area contributed by atoms with E-state index in [-0.39, 0.29) is 5.91 Å². The first-order valence-electron chi connectivity index (χ1n) is 8.17. The number of nitrogens with zero attached hydrogens (tertiary/aromatic N) is 1. The first kappa shape index (κ1) is 15.5. The van der Waals surface area contributed by atoms with Gasteiger partial charge in [0.05, 0.1) is 6.61 Å². The SMILES string of the molecule is O=C(CCc1ccncc1)NCc1ccccc1OCC1CC1. The summed E-state index contributed by atoms with van der Waals surface area (Å²) in [6, 6.07) is 11.8. The van der Waals surface area contributed by atoms with Gasteiger partial charge in [-0.25, -0.2) is 0 Å². The number of rotatable bonds is 8. The van der Waals surface area contributed by atoms with Gasteiger partial charge in [-0.2, -0.15) is 0 Å². The molecule has 0 atom stereocenters. The number of ether oxygens (including phenoxy) is 1. The number of amides is 1. The molecule has 4 nitrogen and oxygen atoms in total. The number of carbonyl (C=O) groups is 1. The fraction of sp³-hybridized carbons (Fsp3) is 0.368. The summed E-state index contributed by atoms with van der Waals surface area (Å²) in [4.78, 5) is 16.0. The van der Waals surface area contributed by atoms with E-state index in [1.807, 2.05) is 36.4 Å². The van der Waals surface area contributed by atoms with E-state index in [1.54, 1.807) is 12.4 Å². The standard InChI is InChI=1S/C19H22N2O2/c22-19(8-7-15-9-11-20-12-10-15)21-13-17-3-1-2-4-18(17)23-14-16-5-6-16/h1-4,9-12,16H,5-8,13-14H2,(H,21,22). The smallest absolute Gasteiger partial charge is 0.220 e. The van der Waals surface area contributed by atoms with Gasteiger partial charge in [0.25, 0.3) is 0 Å². The number of para-hydroxylation sites is 1. The zero-order chi connectivity index (χ0) is 15.9. The van der Waals surface area contributed by atoms with Crippen molar-refractivity contribution in [3.8, 4) is 5.75 Å². The minimum atomic E-state index is 0.0545. The highest BCUT2D eigenvalue weighted by molar-refractivity contribution is 5.76. The average Bonchev–Trinajstić information content (AvgIpc) is 3.42. The first-order valence-corrected chi connectivity index (χ1v) is 8.17. The van der Waals surface area contributed by atoms with Gasteiger partial charge in [-0.05, 0) is 48.9 Å². The molecule has 0 radical (unpaired) electrons. The molecular weight excluding hydrogens is 288 g/mol. The van der Waals surface area contributed by atoms with Gasteiger partial charge in [0, 0.05) is 30.9 Å². The van der Waals surface area contributed by atoms with Crippen molar-refractivity contribution in [2.45, 2.75) is 32.2 Å². The Labute approximate surface area is 136 Å². The van der Waals surface area contributed by atoms with Crippen LogP contribution in [0.15, 0.2) is 48.8 Å². The highest BCUT2D eigenvalue weighted by atomic mass is 16.5. The minimum Gasteiger partial charge on any atom is -0.493 e.